The highest BCUT2D eigenvalue weighted by atomic mass is 32.2. The van der Waals surface area contributed by atoms with E-state index in [2.05, 4.69) is 42.7 Å². The molecule has 1 fully saturated rings. The van der Waals surface area contributed by atoms with Gasteiger partial charge in [-0.25, -0.2) is 0 Å². The van der Waals surface area contributed by atoms with Crippen molar-refractivity contribution in [1.29, 1.82) is 0 Å². The third kappa shape index (κ3) is 3.75. The van der Waals surface area contributed by atoms with Crippen LogP contribution < -0.4 is 10.6 Å². The first-order chi connectivity index (χ1) is 8.65. The van der Waals surface area contributed by atoms with Crippen molar-refractivity contribution in [3.63, 3.8) is 0 Å². The smallest absolute Gasteiger partial charge is 0.230 e. The van der Waals surface area contributed by atoms with Crippen LogP contribution in [-0.2, 0) is 4.79 Å². The molecule has 1 saturated heterocycles. The predicted molar refractivity (Wildman–Crippen MR) is 76.1 cm³/mol. The molecule has 2 rings (SSSR count). The Hall–Kier alpha value is -1.00. The van der Waals surface area contributed by atoms with Gasteiger partial charge in [0.15, 0.2) is 0 Å². The third-order valence-electron chi connectivity index (χ3n) is 3.13. The second kappa shape index (κ2) is 6.25. The Morgan fingerprint density at radius 3 is 3.06 bits per heavy atom. The van der Waals surface area contributed by atoms with Crippen LogP contribution in [0.5, 0.6) is 0 Å². The first-order valence-corrected chi connectivity index (χ1v) is 7.34. The highest BCUT2D eigenvalue weighted by Crippen LogP contribution is 2.23. The first-order valence-electron chi connectivity index (χ1n) is 6.35. The molecule has 1 aromatic rings. The topological polar surface area (TPSA) is 41.1 Å². The van der Waals surface area contributed by atoms with Crippen molar-refractivity contribution in [1.82, 2.24) is 10.6 Å². The van der Waals surface area contributed by atoms with Crippen molar-refractivity contribution >= 4 is 17.7 Å². The standard InChI is InChI=1S/C14H20N2OS/c1-10-3-4-11(2)13(7-10)18-9-14(17)16-12-5-6-15-8-12/h3-4,7,12,15H,5-6,8-9H2,1-2H3,(H,16,17). The van der Waals surface area contributed by atoms with Gasteiger partial charge in [0.05, 0.1) is 5.75 Å². The quantitative estimate of drug-likeness (QED) is 0.816. The highest BCUT2D eigenvalue weighted by molar-refractivity contribution is 8.00. The molecular formula is C14H20N2OS. The number of aryl methyl sites for hydroxylation is 2. The molecule has 1 heterocycles. The van der Waals surface area contributed by atoms with Crippen LogP contribution in [0.25, 0.3) is 0 Å². The fourth-order valence-electron chi connectivity index (χ4n) is 2.05. The summed E-state index contributed by atoms with van der Waals surface area (Å²) in [5.41, 5.74) is 2.48. The van der Waals surface area contributed by atoms with E-state index in [0.29, 0.717) is 11.8 Å². The van der Waals surface area contributed by atoms with Crippen LogP contribution in [0.3, 0.4) is 0 Å². The van der Waals surface area contributed by atoms with E-state index in [-0.39, 0.29) is 5.91 Å². The van der Waals surface area contributed by atoms with Crippen LogP contribution in [0.4, 0.5) is 0 Å². The van der Waals surface area contributed by atoms with Gasteiger partial charge >= 0.3 is 0 Å². The minimum absolute atomic E-state index is 0.134. The average molecular weight is 264 g/mol. The van der Waals surface area contributed by atoms with Crippen molar-refractivity contribution in [3.05, 3.63) is 29.3 Å². The van der Waals surface area contributed by atoms with E-state index in [1.165, 1.54) is 16.0 Å². The number of nitrogens with one attached hydrogen (secondary N) is 2. The summed E-state index contributed by atoms with van der Waals surface area (Å²) in [6.07, 6.45) is 1.04. The Kier molecular flexibility index (Phi) is 4.66. The normalized spacial score (nSPS) is 18.9. The fraction of sp³-hybridized carbons (Fsp3) is 0.500. The molecule has 1 aliphatic heterocycles. The Balaban J connectivity index is 1.83. The average Bonchev–Trinajstić information content (AvgIpc) is 2.83. The molecule has 4 heteroatoms. The maximum Gasteiger partial charge on any atom is 0.230 e. The monoisotopic (exact) mass is 264 g/mol. The molecule has 1 aromatic carbocycles. The molecule has 0 radical (unpaired) electrons. The van der Waals surface area contributed by atoms with Crippen molar-refractivity contribution in [3.8, 4) is 0 Å². The zero-order valence-corrected chi connectivity index (χ0v) is 11.8. The summed E-state index contributed by atoms with van der Waals surface area (Å²) in [7, 11) is 0. The van der Waals surface area contributed by atoms with Crippen LogP contribution in [0, 0.1) is 13.8 Å². The Morgan fingerprint density at radius 1 is 1.50 bits per heavy atom. The van der Waals surface area contributed by atoms with Gasteiger partial charge in [-0.3, -0.25) is 4.79 Å². The zero-order valence-electron chi connectivity index (χ0n) is 11.0. The minimum Gasteiger partial charge on any atom is -0.351 e. The van der Waals surface area contributed by atoms with Crippen molar-refractivity contribution in [2.24, 2.45) is 0 Å². The molecule has 1 atom stereocenters. The van der Waals surface area contributed by atoms with Gasteiger partial charge in [0.2, 0.25) is 5.91 Å². The van der Waals surface area contributed by atoms with Gasteiger partial charge in [-0.05, 0) is 38.4 Å². The van der Waals surface area contributed by atoms with Crippen LogP contribution in [0.1, 0.15) is 17.5 Å². The number of carbonyl (C=O) groups excluding carboxylic acids is 1. The zero-order chi connectivity index (χ0) is 13.0. The van der Waals surface area contributed by atoms with E-state index < -0.39 is 0 Å². The van der Waals surface area contributed by atoms with Crippen LogP contribution in [-0.4, -0.2) is 30.8 Å². The second-order valence-corrected chi connectivity index (χ2v) is 5.83. The molecule has 1 aliphatic rings. The molecular weight excluding hydrogens is 244 g/mol. The lowest BCUT2D eigenvalue weighted by Crippen LogP contribution is -2.37. The van der Waals surface area contributed by atoms with Crippen molar-refractivity contribution < 1.29 is 4.79 Å². The molecule has 0 spiro atoms. The maximum atomic E-state index is 11.8. The molecule has 18 heavy (non-hydrogen) atoms. The number of amides is 1. The van der Waals surface area contributed by atoms with Gasteiger partial charge in [-0.1, -0.05) is 17.7 Å². The van der Waals surface area contributed by atoms with Gasteiger partial charge in [-0.15, -0.1) is 11.8 Å². The van der Waals surface area contributed by atoms with E-state index in [9.17, 15) is 4.79 Å². The molecule has 0 aromatic heterocycles. The summed E-state index contributed by atoms with van der Waals surface area (Å²) in [5, 5.41) is 6.31. The predicted octanol–water partition coefficient (Wildman–Crippen LogP) is 1.87. The van der Waals surface area contributed by atoms with E-state index >= 15 is 0 Å². The fourth-order valence-corrected chi connectivity index (χ4v) is 2.99. The summed E-state index contributed by atoms with van der Waals surface area (Å²) in [6, 6.07) is 6.67. The Labute approximate surface area is 113 Å². The molecule has 0 bridgehead atoms. The van der Waals surface area contributed by atoms with E-state index in [4.69, 9.17) is 0 Å². The largest absolute Gasteiger partial charge is 0.351 e. The van der Waals surface area contributed by atoms with Gasteiger partial charge in [0, 0.05) is 17.5 Å². The summed E-state index contributed by atoms with van der Waals surface area (Å²) in [4.78, 5) is 13.0. The number of benzene rings is 1. The molecule has 0 saturated carbocycles. The second-order valence-electron chi connectivity index (χ2n) is 4.81. The summed E-state index contributed by atoms with van der Waals surface area (Å²) in [5.74, 6) is 0.635. The third-order valence-corrected chi connectivity index (χ3v) is 4.29. The lowest BCUT2D eigenvalue weighted by atomic mass is 10.2. The highest BCUT2D eigenvalue weighted by Gasteiger charge is 2.16. The lowest BCUT2D eigenvalue weighted by Gasteiger charge is -2.11. The number of hydrogen-bond acceptors (Lipinski definition) is 3. The van der Waals surface area contributed by atoms with Crippen LogP contribution in [0.15, 0.2) is 23.1 Å². The van der Waals surface area contributed by atoms with Crippen LogP contribution in [0.2, 0.25) is 0 Å². The Morgan fingerprint density at radius 2 is 2.33 bits per heavy atom. The molecule has 1 unspecified atom stereocenters. The lowest BCUT2D eigenvalue weighted by molar-refractivity contribution is -0.119. The van der Waals surface area contributed by atoms with Crippen LogP contribution >= 0.6 is 11.8 Å². The number of rotatable bonds is 4. The van der Waals surface area contributed by atoms with E-state index in [1.54, 1.807) is 11.8 Å². The molecule has 2 N–H and O–H groups in total. The SMILES string of the molecule is Cc1ccc(C)c(SCC(=O)NC2CCNC2)c1. The van der Waals surface area contributed by atoms with Gasteiger partial charge in [-0.2, -0.15) is 0 Å². The van der Waals surface area contributed by atoms with Gasteiger partial charge in [0.25, 0.3) is 0 Å². The summed E-state index contributed by atoms with van der Waals surface area (Å²) >= 11 is 1.62. The summed E-state index contributed by atoms with van der Waals surface area (Å²) in [6.45, 7) is 6.07. The number of thioether (sulfide) groups is 1. The van der Waals surface area contributed by atoms with E-state index in [0.717, 1.165) is 19.5 Å². The summed E-state index contributed by atoms with van der Waals surface area (Å²) < 4.78 is 0. The Bertz CT molecular complexity index is 428. The molecule has 98 valence electrons. The minimum atomic E-state index is 0.134. The first kappa shape index (κ1) is 13.4. The maximum absolute atomic E-state index is 11.8. The molecule has 1 amide bonds. The molecule has 3 nitrogen and oxygen atoms in total. The van der Waals surface area contributed by atoms with Gasteiger partial charge < -0.3 is 10.6 Å². The number of carbonyl (C=O) groups is 1. The molecule has 0 aliphatic carbocycles. The van der Waals surface area contributed by atoms with E-state index in [1.807, 2.05) is 0 Å². The van der Waals surface area contributed by atoms with Crippen molar-refractivity contribution in [2.75, 3.05) is 18.8 Å². The number of hydrogen-bond donors (Lipinski definition) is 2. The van der Waals surface area contributed by atoms with Crippen molar-refractivity contribution in [2.45, 2.75) is 31.2 Å². The van der Waals surface area contributed by atoms with Gasteiger partial charge in [0.1, 0.15) is 0 Å².